The Bertz CT molecular complexity index is 575. The molecule has 0 unspecified atom stereocenters. The molecule has 0 spiro atoms. The molecule has 0 fully saturated rings. The van der Waals surface area contributed by atoms with Crippen LogP contribution in [0.2, 0.25) is 5.02 Å². The normalized spacial score (nSPS) is 10.4. The van der Waals surface area contributed by atoms with Crippen LogP contribution in [-0.4, -0.2) is 4.98 Å². The second-order valence-corrected chi connectivity index (χ2v) is 5.16. The number of nitrogens with zero attached hydrogens (tertiary/aromatic N) is 1. The largest absolute Gasteiger partial charge is 0.489 e. The lowest BCUT2D eigenvalue weighted by Crippen LogP contribution is -1.99. The zero-order valence-corrected chi connectivity index (χ0v) is 12.1. The molecule has 0 radical (unpaired) electrons. The van der Waals surface area contributed by atoms with Crippen LogP contribution in [-0.2, 0) is 6.61 Å². The van der Waals surface area contributed by atoms with E-state index in [1.165, 1.54) is 0 Å². The molecule has 0 aliphatic heterocycles. The predicted molar refractivity (Wildman–Crippen MR) is 76.9 cm³/mol. The Hall–Kier alpha value is -1.26. The Kier molecular flexibility index (Phi) is 4.09. The van der Waals surface area contributed by atoms with Crippen LogP contribution in [0, 0.1) is 6.92 Å². The molecule has 0 aliphatic carbocycles. The van der Waals surface area contributed by atoms with Crippen molar-refractivity contribution < 1.29 is 4.74 Å². The Morgan fingerprint density at radius 3 is 2.89 bits per heavy atom. The number of hydrogen-bond acceptors (Lipinski definition) is 3. The van der Waals surface area contributed by atoms with Crippen LogP contribution in [0.15, 0.2) is 34.9 Å². The standard InChI is InChI=1S/C13H12BrClN2O/c1-8-2-3-10(5-12(8)15)18-7-9-4-13(16)17-6-11(9)14/h2-6H,7H2,1H3,(H2,16,17). The highest BCUT2D eigenvalue weighted by Gasteiger charge is 2.04. The molecule has 94 valence electrons. The minimum atomic E-state index is 0.409. The molecule has 2 rings (SSSR count). The van der Waals surface area contributed by atoms with Crippen molar-refractivity contribution in [3.05, 3.63) is 51.1 Å². The minimum absolute atomic E-state index is 0.409. The molecule has 0 bridgehead atoms. The van der Waals surface area contributed by atoms with E-state index in [1.807, 2.05) is 19.1 Å². The number of rotatable bonds is 3. The molecular formula is C13H12BrClN2O. The first-order valence-corrected chi connectivity index (χ1v) is 6.52. The predicted octanol–water partition coefficient (Wildman–Crippen LogP) is 3.97. The van der Waals surface area contributed by atoms with Crippen molar-refractivity contribution >= 4 is 33.3 Å². The van der Waals surface area contributed by atoms with Crippen molar-refractivity contribution in [3.63, 3.8) is 0 Å². The van der Waals surface area contributed by atoms with E-state index in [1.54, 1.807) is 18.3 Å². The van der Waals surface area contributed by atoms with E-state index < -0.39 is 0 Å². The summed E-state index contributed by atoms with van der Waals surface area (Å²) in [5, 5.41) is 0.695. The maximum absolute atomic E-state index is 6.03. The number of aryl methyl sites for hydroxylation is 1. The molecular weight excluding hydrogens is 316 g/mol. The monoisotopic (exact) mass is 326 g/mol. The number of aromatic nitrogens is 1. The zero-order valence-electron chi connectivity index (χ0n) is 9.78. The lowest BCUT2D eigenvalue weighted by Gasteiger charge is -2.09. The van der Waals surface area contributed by atoms with Gasteiger partial charge in [0.05, 0.1) is 0 Å². The lowest BCUT2D eigenvalue weighted by atomic mass is 10.2. The number of nitrogen functional groups attached to an aromatic ring is 1. The van der Waals surface area contributed by atoms with Gasteiger partial charge in [0.15, 0.2) is 0 Å². The van der Waals surface area contributed by atoms with E-state index >= 15 is 0 Å². The van der Waals surface area contributed by atoms with Crippen molar-refractivity contribution in [1.29, 1.82) is 0 Å². The molecule has 0 saturated carbocycles. The van der Waals surface area contributed by atoms with Crippen LogP contribution < -0.4 is 10.5 Å². The molecule has 0 aliphatic rings. The first-order valence-electron chi connectivity index (χ1n) is 5.35. The summed E-state index contributed by atoms with van der Waals surface area (Å²) in [7, 11) is 0. The number of hydrogen-bond donors (Lipinski definition) is 1. The summed E-state index contributed by atoms with van der Waals surface area (Å²) in [4.78, 5) is 3.97. The van der Waals surface area contributed by atoms with Crippen LogP contribution >= 0.6 is 27.5 Å². The smallest absolute Gasteiger partial charge is 0.123 e. The van der Waals surface area contributed by atoms with Gasteiger partial charge in [-0.2, -0.15) is 0 Å². The highest BCUT2D eigenvalue weighted by Crippen LogP contribution is 2.24. The topological polar surface area (TPSA) is 48.1 Å². The molecule has 3 nitrogen and oxygen atoms in total. The van der Waals surface area contributed by atoms with Crippen molar-refractivity contribution in [2.45, 2.75) is 13.5 Å². The van der Waals surface area contributed by atoms with E-state index in [0.29, 0.717) is 17.4 Å². The molecule has 0 atom stereocenters. The number of halogens is 2. The van der Waals surface area contributed by atoms with Crippen LogP contribution in [0.4, 0.5) is 5.82 Å². The SMILES string of the molecule is Cc1ccc(OCc2cc(N)ncc2Br)cc1Cl. The molecule has 0 amide bonds. The van der Waals surface area contributed by atoms with Gasteiger partial charge in [-0.25, -0.2) is 4.98 Å². The zero-order chi connectivity index (χ0) is 13.1. The van der Waals surface area contributed by atoms with Crippen LogP contribution in [0.5, 0.6) is 5.75 Å². The van der Waals surface area contributed by atoms with Gasteiger partial charge in [0.1, 0.15) is 18.2 Å². The maximum atomic E-state index is 6.03. The summed E-state index contributed by atoms with van der Waals surface area (Å²) in [6, 6.07) is 7.39. The average molecular weight is 328 g/mol. The Balaban J connectivity index is 2.11. The third-order valence-electron chi connectivity index (χ3n) is 2.49. The van der Waals surface area contributed by atoms with Gasteiger partial charge in [-0.1, -0.05) is 17.7 Å². The fraction of sp³-hybridized carbons (Fsp3) is 0.154. The summed E-state index contributed by atoms with van der Waals surface area (Å²) >= 11 is 9.44. The van der Waals surface area contributed by atoms with Gasteiger partial charge in [-0.05, 0) is 46.6 Å². The number of anilines is 1. The maximum Gasteiger partial charge on any atom is 0.123 e. The molecule has 18 heavy (non-hydrogen) atoms. The summed E-state index contributed by atoms with van der Waals surface area (Å²) in [6.07, 6.45) is 1.66. The van der Waals surface area contributed by atoms with Gasteiger partial charge in [0.2, 0.25) is 0 Å². The molecule has 5 heteroatoms. The molecule has 1 heterocycles. The second kappa shape index (κ2) is 5.59. The molecule has 1 aromatic heterocycles. The Labute approximate surface area is 119 Å². The van der Waals surface area contributed by atoms with Gasteiger partial charge in [0, 0.05) is 21.3 Å². The van der Waals surface area contributed by atoms with Crippen LogP contribution in [0.1, 0.15) is 11.1 Å². The lowest BCUT2D eigenvalue weighted by molar-refractivity contribution is 0.305. The van der Waals surface area contributed by atoms with E-state index in [9.17, 15) is 0 Å². The molecule has 2 aromatic rings. The quantitative estimate of drug-likeness (QED) is 0.928. The van der Waals surface area contributed by atoms with Crippen molar-refractivity contribution in [2.75, 3.05) is 5.73 Å². The third kappa shape index (κ3) is 3.15. The number of nitrogens with two attached hydrogens (primary N) is 1. The molecule has 0 saturated heterocycles. The highest BCUT2D eigenvalue weighted by atomic mass is 79.9. The van der Waals surface area contributed by atoms with E-state index in [2.05, 4.69) is 20.9 Å². The van der Waals surface area contributed by atoms with Gasteiger partial charge in [-0.3, -0.25) is 0 Å². The molecule has 2 N–H and O–H groups in total. The fourth-order valence-corrected chi connectivity index (χ4v) is 1.94. The van der Waals surface area contributed by atoms with E-state index in [4.69, 9.17) is 22.1 Å². The second-order valence-electron chi connectivity index (χ2n) is 3.90. The average Bonchev–Trinajstić information content (AvgIpc) is 2.34. The minimum Gasteiger partial charge on any atom is -0.489 e. The summed E-state index contributed by atoms with van der Waals surface area (Å²) in [5.74, 6) is 1.20. The Morgan fingerprint density at radius 2 is 2.17 bits per heavy atom. The number of pyridine rings is 1. The van der Waals surface area contributed by atoms with E-state index in [0.717, 1.165) is 21.3 Å². The fourth-order valence-electron chi connectivity index (χ4n) is 1.43. The third-order valence-corrected chi connectivity index (χ3v) is 3.61. The van der Waals surface area contributed by atoms with Gasteiger partial charge < -0.3 is 10.5 Å². The van der Waals surface area contributed by atoms with Gasteiger partial charge in [-0.15, -0.1) is 0 Å². The van der Waals surface area contributed by atoms with Crippen molar-refractivity contribution in [3.8, 4) is 5.75 Å². The molecule has 1 aromatic carbocycles. The summed E-state index contributed by atoms with van der Waals surface area (Å²) < 4.78 is 6.54. The Morgan fingerprint density at radius 1 is 1.39 bits per heavy atom. The number of benzene rings is 1. The summed E-state index contributed by atoms with van der Waals surface area (Å²) in [6.45, 7) is 2.36. The number of ether oxygens (including phenoxy) is 1. The van der Waals surface area contributed by atoms with Crippen molar-refractivity contribution in [1.82, 2.24) is 4.98 Å². The van der Waals surface area contributed by atoms with Gasteiger partial charge in [0.25, 0.3) is 0 Å². The van der Waals surface area contributed by atoms with Crippen LogP contribution in [0.25, 0.3) is 0 Å². The first kappa shape index (κ1) is 13.2. The van der Waals surface area contributed by atoms with Gasteiger partial charge >= 0.3 is 0 Å². The highest BCUT2D eigenvalue weighted by molar-refractivity contribution is 9.10. The van der Waals surface area contributed by atoms with Crippen LogP contribution in [0.3, 0.4) is 0 Å². The van der Waals surface area contributed by atoms with E-state index in [-0.39, 0.29) is 0 Å². The first-order chi connectivity index (χ1) is 8.56. The summed E-state index contributed by atoms with van der Waals surface area (Å²) in [5.41, 5.74) is 7.60. The van der Waals surface area contributed by atoms with Crippen molar-refractivity contribution in [2.24, 2.45) is 0 Å².